The van der Waals surface area contributed by atoms with E-state index >= 15 is 0 Å². The van der Waals surface area contributed by atoms with Crippen molar-refractivity contribution in [1.29, 1.82) is 0 Å². The molecule has 31 heavy (non-hydrogen) atoms. The number of methoxy groups -OCH3 is 2. The fraction of sp³-hybridized carbons (Fsp3) is 0.435. The second kappa shape index (κ2) is 9.49. The molecule has 1 atom stereocenters. The summed E-state index contributed by atoms with van der Waals surface area (Å²) in [5, 5.41) is 0. The molecule has 0 aliphatic carbocycles. The van der Waals surface area contributed by atoms with Crippen LogP contribution in [-0.4, -0.2) is 38.2 Å². The lowest BCUT2D eigenvalue weighted by molar-refractivity contribution is -0.137. The van der Waals surface area contributed by atoms with Gasteiger partial charge in [0.2, 0.25) is 5.91 Å². The molecule has 1 aliphatic heterocycles. The summed E-state index contributed by atoms with van der Waals surface area (Å²) in [5.74, 6) is 1.20. The van der Waals surface area contributed by atoms with Crippen LogP contribution in [0, 0.1) is 0 Å². The molecule has 0 aromatic heterocycles. The highest BCUT2D eigenvalue weighted by Crippen LogP contribution is 2.39. The Bertz CT molecular complexity index is 930. The molecule has 3 rings (SSSR count). The quantitative estimate of drug-likeness (QED) is 0.610. The molecular weight excluding hydrogens is 411 g/mol. The van der Waals surface area contributed by atoms with Gasteiger partial charge in [0.25, 0.3) is 0 Å². The van der Waals surface area contributed by atoms with Crippen molar-refractivity contribution in [3.05, 3.63) is 53.1 Å². The second-order valence-corrected chi connectivity index (χ2v) is 7.35. The second-order valence-electron chi connectivity index (χ2n) is 7.35. The topological polar surface area (TPSA) is 48.0 Å². The Hall–Kier alpha value is -2.90. The fourth-order valence-corrected chi connectivity index (χ4v) is 3.80. The van der Waals surface area contributed by atoms with Crippen LogP contribution in [0.25, 0.3) is 0 Å². The fourth-order valence-electron chi connectivity index (χ4n) is 3.80. The van der Waals surface area contributed by atoms with Gasteiger partial charge in [-0.25, -0.2) is 0 Å². The molecule has 1 aliphatic rings. The van der Waals surface area contributed by atoms with Crippen LogP contribution in [0.3, 0.4) is 0 Å². The summed E-state index contributed by atoms with van der Waals surface area (Å²) in [6.45, 7) is 2.45. The maximum absolute atomic E-state index is 13.0. The van der Waals surface area contributed by atoms with E-state index in [0.717, 1.165) is 23.3 Å². The third kappa shape index (κ3) is 5.06. The SMILES string of the molecule is CCCC(=O)N1CCc2cc(OC)c(OC)cc2[C@H]1COc1cccc(C(F)(F)F)c1. The Labute approximate surface area is 179 Å². The van der Waals surface area contributed by atoms with E-state index in [9.17, 15) is 18.0 Å². The van der Waals surface area contributed by atoms with Gasteiger partial charge >= 0.3 is 6.18 Å². The average molecular weight is 437 g/mol. The summed E-state index contributed by atoms with van der Waals surface area (Å²) in [6.07, 6.45) is -2.72. The predicted molar refractivity (Wildman–Crippen MR) is 110 cm³/mol. The molecule has 0 fully saturated rings. The largest absolute Gasteiger partial charge is 0.493 e. The lowest BCUT2D eigenvalue weighted by Crippen LogP contribution is -2.42. The number of amides is 1. The molecule has 0 radical (unpaired) electrons. The number of hydrogen-bond donors (Lipinski definition) is 0. The molecule has 0 spiro atoms. The Kier molecular flexibility index (Phi) is 6.97. The van der Waals surface area contributed by atoms with E-state index in [2.05, 4.69) is 0 Å². The summed E-state index contributed by atoms with van der Waals surface area (Å²) >= 11 is 0. The van der Waals surface area contributed by atoms with Crippen molar-refractivity contribution in [1.82, 2.24) is 4.90 Å². The van der Waals surface area contributed by atoms with E-state index in [1.165, 1.54) is 19.2 Å². The molecule has 168 valence electrons. The normalized spacial score (nSPS) is 15.9. The maximum Gasteiger partial charge on any atom is 0.416 e. The van der Waals surface area contributed by atoms with Crippen LogP contribution in [0.15, 0.2) is 36.4 Å². The molecule has 5 nitrogen and oxygen atoms in total. The minimum Gasteiger partial charge on any atom is -0.493 e. The van der Waals surface area contributed by atoms with Crippen LogP contribution in [0.1, 0.15) is 42.5 Å². The first-order valence-corrected chi connectivity index (χ1v) is 10.1. The van der Waals surface area contributed by atoms with Crippen molar-refractivity contribution in [3.63, 3.8) is 0 Å². The Balaban J connectivity index is 1.93. The molecule has 1 heterocycles. The van der Waals surface area contributed by atoms with Gasteiger partial charge in [0.15, 0.2) is 11.5 Å². The smallest absolute Gasteiger partial charge is 0.416 e. The Morgan fingerprint density at radius 2 is 1.84 bits per heavy atom. The van der Waals surface area contributed by atoms with E-state index in [4.69, 9.17) is 14.2 Å². The average Bonchev–Trinajstić information content (AvgIpc) is 2.76. The molecule has 8 heteroatoms. The van der Waals surface area contributed by atoms with Gasteiger partial charge in [-0.1, -0.05) is 13.0 Å². The van der Waals surface area contributed by atoms with E-state index in [1.807, 2.05) is 19.1 Å². The highest BCUT2D eigenvalue weighted by molar-refractivity contribution is 5.77. The molecular formula is C23H26F3NO4. The lowest BCUT2D eigenvalue weighted by atomic mass is 9.91. The zero-order chi connectivity index (χ0) is 22.6. The molecule has 0 unspecified atom stereocenters. The van der Waals surface area contributed by atoms with Crippen molar-refractivity contribution in [2.75, 3.05) is 27.4 Å². The summed E-state index contributed by atoms with van der Waals surface area (Å²) in [7, 11) is 3.08. The van der Waals surface area contributed by atoms with Crippen molar-refractivity contribution >= 4 is 5.91 Å². The molecule has 0 bridgehead atoms. The highest BCUT2D eigenvalue weighted by atomic mass is 19.4. The Morgan fingerprint density at radius 3 is 2.48 bits per heavy atom. The zero-order valence-corrected chi connectivity index (χ0v) is 17.8. The van der Waals surface area contributed by atoms with E-state index in [1.54, 1.807) is 12.0 Å². The van der Waals surface area contributed by atoms with E-state index in [0.29, 0.717) is 37.3 Å². The van der Waals surface area contributed by atoms with Gasteiger partial charge in [-0.05, 0) is 54.3 Å². The number of alkyl halides is 3. The van der Waals surface area contributed by atoms with Crippen LogP contribution in [-0.2, 0) is 17.4 Å². The van der Waals surface area contributed by atoms with Gasteiger partial charge in [0.1, 0.15) is 12.4 Å². The van der Waals surface area contributed by atoms with Crippen LogP contribution in [0.4, 0.5) is 13.2 Å². The lowest BCUT2D eigenvalue weighted by Gasteiger charge is -2.37. The van der Waals surface area contributed by atoms with Crippen LogP contribution >= 0.6 is 0 Å². The minimum absolute atomic E-state index is 0.0134. The highest BCUT2D eigenvalue weighted by Gasteiger charge is 2.33. The van der Waals surface area contributed by atoms with Crippen LogP contribution < -0.4 is 14.2 Å². The van der Waals surface area contributed by atoms with Gasteiger partial charge in [-0.3, -0.25) is 4.79 Å². The first-order chi connectivity index (χ1) is 14.8. The van der Waals surface area contributed by atoms with Crippen LogP contribution in [0.5, 0.6) is 17.2 Å². The minimum atomic E-state index is -4.45. The molecule has 0 saturated heterocycles. The van der Waals surface area contributed by atoms with Gasteiger partial charge in [0, 0.05) is 13.0 Å². The molecule has 1 amide bonds. The third-order valence-electron chi connectivity index (χ3n) is 5.36. The monoisotopic (exact) mass is 437 g/mol. The van der Waals surface area contributed by atoms with Crippen molar-refractivity contribution < 1.29 is 32.2 Å². The van der Waals surface area contributed by atoms with Crippen molar-refractivity contribution in [3.8, 4) is 17.2 Å². The van der Waals surface area contributed by atoms with Gasteiger partial charge in [0.05, 0.1) is 25.8 Å². The first-order valence-electron chi connectivity index (χ1n) is 10.1. The van der Waals surface area contributed by atoms with Crippen LogP contribution in [0.2, 0.25) is 0 Å². The van der Waals surface area contributed by atoms with Gasteiger partial charge in [-0.15, -0.1) is 0 Å². The van der Waals surface area contributed by atoms with E-state index in [-0.39, 0.29) is 18.3 Å². The van der Waals surface area contributed by atoms with Crippen molar-refractivity contribution in [2.24, 2.45) is 0 Å². The zero-order valence-electron chi connectivity index (χ0n) is 17.8. The Morgan fingerprint density at radius 1 is 1.13 bits per heavy atom. The number of benzene rings is 2. The summed E-state index contributed by atoms with van der Waals surface area (Å²) in [4.78, 5) is 14.5. The molecule has 2 aromatic carbocycles. The number of carbonyl (C=O) groups excluding carboxylic acids is 1. The van der Waals surface area contributed by atoms with Gasteiger partial charge < -0.3 is 19.1 Å². The molecule has 0 saturated carbocycles. The number of ether oxygens (including phenoxy) is 3. The number of halogens is 3. The molecule has 2 aromatic rings. The standard InChI is InChI=1S/C23H26F3NO4/c1-4-6-22(28)27-10-9-15-11-20(29-2)21(30-3)13-18(15)19(27)14-31-17-8-5-7-16(12-17)23(24,25)26/h5,7-8,11-13,19H,4,6,9-10,14H2,1-3H3/t19-/m1/s1. The third-order valence-corrected chi connectivity index (χ3v) is 5.36. The summed E-state index contributed by atoms with van der Waals surface area (Å²) in [6, 6.07) is 8.00. The molecule has 0 N–H and O–H groups in total. The maximum atomic E-state index is 13.0. The van der Waals surface area contributed by atoms with E-state index < -0.39 is 17.8 Å². The van der Waals surface area contributed by atoms with Crippen molar-refractivity contribution in [2.45, 2.75) is 38.4 Å². The summed E-state index contributed by atoms with van der Waals surface area (Å²) < 4.78 is 55.7. The number of rotatable bonds is 7. The number of nitrogens with zero attached hydrogens (tertiary/aromatic N) is 1. The number of fused-ring (bicyclic) bond motifs is 1. The predicted octanol–water partition coefficient (Wildman–Crippen LogP) is 5.03. The summed E-state index contributed by atoms with van der Waals surface area (Å²) in [5.41, 5.74) is 1.07. The van der Waals surface area contributed by atoms with Gasteiger partial charge in [-0.2, -0.15) is 13.2 Å². The number of carbonyl (C=O) groups is 1. The number of hydrogen-bond acceptors (Lipinski definition) is 4. The first kappa shape index (κ1) is 22.8.